The standard InChI is InChI=1S/C11H23N3O3.ClH/c1-4-5-8(12)10(16)11(17)13-6-9(15)14-7(2)3;/h7-8,10,16H,4-6,12H2,1-3H3,(H,13,17)(H,14,15);1H. The average Bonchev–Trinajstić information content (AvgIpc) is 2.24. The SMILES string of the molecule is CCCC(N)C(O)C(=O)NCC(=O)NC(C)C.Cl. The van der Waals surface area contributed by atoms with Crippen molar-refractivity contribution < 1.29 is 14.7 Å². The highest BCUT2D eigenvalue weighted by Crippen LogP contribution is 1.99. The van der Waals surface area contributed by atoms with Gasteiger partial charge in [0.2, 0.25) is 5.91 Å². The summed E-state index contributed by atoms with van der Waals surface area (Å²) in [7, 11) is 0. The third-order valence-electron chi connectivity index (χ3n) is 2.17. The van der Waals surface area contributed by atoms with E-state index in [1.54, 1.807) is 0 Å². The molecule has 2 atom stereocenters. The van der Waals surface area contributed by atoms with Crippen LogP contribution in [0.1, 0.15) is 33.6 Å². The van der Waals surface area contributed by atoms with Crippen LogP contribution in [0.4, 0.5) is 0 Å². The van der Waals surface area contributed by atoms with E-state index in [1.807, 2.05) is 20.8 Å². The van der Waals surface area contributed by atoms with Gasteiger partial charge in [0.25, 0.3) is 5.91 Å². The van der Waals surface area contributed by atoms with Gasteiger partial charge in [-0.3, -0.25) is 9.59 Å². The molecule has 2 amide bonds. The molecule has 18 heavy (non-hydrogen) atoms. The minimum absolute atomic E-state index is 0. The third-order valence-corrected chi connectivity index (χ3v) is 2.17. The summed E-state index contributed by atoms with van der Waals surface area (Å²) < 4.78 is 0. The Balaban J connectivity index is 0. The zero-order chi connectivity index (χ0) is 13.4. The smallest absolute Gasteiger partial charge is 0.250 e. The van der Waals surface area contributed by atoms with Crippen LogP contribution in [0, 0.1) is 0 Å². The van der Waals surface area contributed by atoms with Gasteiger partial charge in [-0.05, 0) is 20.3 Å². The molecule has 0 aromatic rings. The number of aliphatic hydroxyl groups excluding tert-OH is 1. The second-order valence-corrected chi connectivity index (χ2v) is 4.34. The molecular formula is C11H24ClN3O3. The monoisotopic (exact) mass is 281 g/mol. The summed E-state index contributed by atoms with van der Waals surface area (Å²) in [6, 6.07) is -0.570. The molecule has 0 radical (unpaired) electrons. The Kier molecular flexibility index (Phi) is 10.9. The maximum atomic E-state index is 11.4. The van der Waals surface area contributed by atoms with Crippen molar-refractivity contribution in [3.8, 4) is 0 Å². The van der Waals surface area contributed by atoms with Crippen LogP contribution in [-0.4, -0.2) is 41.7 Å². The molecule has 0 bridgehead atoms. The van der Waals surface area contributed by atoms with Crippen molar-refractivity contribution in [3.05, 3.63) is 0 Å². The molecule has 0 aromatic carbocycles. The van der Waals surface area contributed by atoms with Gasteiger partial charge in [-0.15, -0.1) is 12.4 Å². The van der Waals surface area contributed by atoms with Gasteiger partial charge in [0.05, 0.1) is 6.54 Å². The fraction of sp³-hybridized carbons (Fsp3) is 0.818. The summed E-state index contributed by atoms with van der Waals surface area (Å²) in [6.45, 7) is 5.42. The predicted molar refractivity (Wildman–Crippen MR) is 72.4 cm³/mol. The first-order chi connectivity index (χ1) is 7.88. The molecule has 7 heteroatoms. The predicted octanol–water partition coefficient (Wildman–Crippen LogP) is -0.463. The maximum absolute atomic E-state index is 11.4. The summed E-state index contributed by atoms with van der Waals surface area (Å²) >= 11 is 0. The van der Waals surface area contributed by atoms with E-state index in [9.17, 15) is 14.7 Å². The van der Waals surface area contributed by atoms with Gasteiger partial charge < -0.3 is 21.5 Å². The molecule has 2 unspecified atom stereocenters. The van der Waals surface area contributed by atoms with Crippen LogP contribution in [0.15, 0.2) is 0 Å². The van der Waals surface area contributed by atoms with Gasteiger partial charge in [-0.2, -0.15) is 0 Å². The molecular weight excluding hydrogens is 258 g/mol. The van der Waals surface area contributed by atoms with Crippen molar-refractivity contribution in [3.63, 3.8) is 0 Å². The Labute approximate surface area is 114 Å². The number of hydrogen-bond acceptors (Lipinski definition) is 4. The normalized spacial score (nSPS) is 13.4. The molecule has 5 N–H and O–H groups in total. The van der Waals surface area contributed by atoms with Gasteiger partial charge in [0.1, 0.15) is 6.10 Å². The number of rotatable bonds is 7. The van der Waals surface area contributed by atoms with E-state index in [2.05, 4.69) is 10.6 Å². The number of carbonyl (C=O) groups is 2. The van der Waals surface area contributed by atoms with Gasteiger partial charge in [0, 0.05) is 12.1 Å². The molecule has 0 saturated heterocycles. The largest absolute Gasteiger partial charge is 0.382 e. The van der Waals surface area contributed by atoms with Crippen molar-refractivity contribution in [2.24, 2.45) is 5.73 Å². The lowest BCUT2D eigenvalue weighted by atomic mass is 10.1. The van der Waals surface area contributed by atoms with E-state index in [1.165, 1.54) is 0 Å². The molecule has 0 aromatic heterocycles. The summed E-state index contributed by atoms with van der Waals surface area (Å²) in [5.74, 6) is -0.894. The Bertz CT molecular complexity index is 262. The van der Waals surface area contributed by atoms with Gasteiger partial charge in [0.15, 0.2) is 0 Å². The average molecular weight is 282 g/mol. The first-order valence-corrected chi connectivity index (χ1v) is 5.89. The molecule has 0 aliphatic carbocycles. The van der Waals surface area contributed by atoms with Crippen molar-refractivity contribution in [1.29, 1.82) is 0 Å². The highest BCUT2D eigenvalue weighted by atomic mass is 35.5. The highest BCUT2D eigenvalue weighted by Gasteiger charge is 2.22. The van der Waals surface area contributed by atoms with E-state index in [0.29, 0.717) is 6.42 Å². The lowest BCUT2D eigenvalue weighted by Crippen LogP contribution is -2.49. The number of aliphatic hydroxyl groups is 1. The summed E-state index contributed by atoms with van der Waals surface area (Å²) in [6.07, 6.45) is 0.0911. The second kappa shape index (κ2) is 10.1. The number of nitrogens with one attached hydrogen (secondary N) is 2. The molecule has 0 spiro atoms. The van der Waals surface area contributed by atoms with Gasteiger partial charge in [-0.1, -0.05) is 13.3 Å². The number of halogens is 1. The van der Waals surface area contributed by atoms with Crippen LogP contribution in [0.25, 0.3) is 0 Å². The fourth-order valence-corrected chi connectivity index (χ4v) is 1.33. The van der Waals surface area contributed by atoms with Gasteiger partial charge >= 0.3 is 0 Å². The van der Waals surface area contributed by atoms with Crippen LogP contribution >= 0.6 is 12.4 Å². The maximum Gasteiger partial charge on any atom is 0.250 e. The molecule has 0 saturated carbocycles. The number of carbonyl (C=O) groups excluding carboxylic acids is 2. The molecule has 108 valence electrons. The molecule has 0 aliphatic heterocycles. The minimum Gasteiger partial charge on any atom is -0.382 e. The summed E-state index contributed by atoms with van der Waals surface area (Å²) in [5, 5.41) is 14.5. The van der Waals surface area contributed by atoms with Crippen molar-refractivity contribution in [2.75, 3.05) is 6.54 Å². The van der Waals surface area contributed by atoms with E-state index >= 15 is 0 Å². The van der Waals surface area contributed by atoms with E-state index < -0.39 is 18.1 Å². The molecule has 0 heterocycles. The number of hydrogen-bond donors (Lipinski definition) is 4. The van der Waals surface area contributed by atoms with Crippen molar-refractivity contribution in [1.82, 2.24) is 10.6 Å². The van der Waals surface area contributed by atoms with E-state index in [-0.39, 0.29) is 30.9 Å². The highest BCUT2D eigenvalue weighted by molar-refractivity contribution is 5.87. The first kappa shape index (κ1) is 19.5. The van der Waals surface area contributed by atoms with Crippen LogP contribution < -0.4 is 16.4 Å². The number of nitrogens with two attached hydrogens (primary N) is 1. The zero-order valence-corrected chi connectivity index (χ0v) is 11.9. The Morgan fingerprint density at radius 2 is 1.89 bits per heavy atom. The first-order valence-electron chi connectivity index (χ1n) is 5.89. The van der Waals surface area contributed by atoms with Crippen molar-refractivity contribution >= 4 is 24.2 Å². The molecule has 0 rings (SSSR count). The fourth-order valence-electron chi connectivity index (χ4n) is 1.33. The quantitative estimate of drug-likeness (QED) is 0.507. The van der Waals surface area contributed by atoms with Gasteiger partial charge in [-0.25, -0.2) is 0 Å². The molecule has 6 nitrogen and oxygen atoms in total. The second-order valence-electron chi connectivity index (χ2n) is 4.34. The minimum atomic E-state index is -1.26. The lowest BCUT2D eigenvalue weighted by molar-refractivity contribution is -0.132. The van der Waals surface area contributed by atoms with E-state index in [4.69, 9.17) is 5.73 Å². The van der Waals surface area contributed by atoms with Crippen LogP contribution in [0.2, 0.25) is 0 Å². The van der Waals surface area contributed by atoms with Crippen LogP contribution in [0.5, 0.6) is 0 Å². The zero-order valence-electron chi connectivity index (χ0n) is 11.1. The van der Waals surface area contributed by atoms with Crippen molar-refractivity contribution in [2.45, 2.75) is 51.8 Å². The van der Waals surface area contributed by atoms with Crippen LogP contribution in [0.3, 0.4) is 0 Å². The lowest BCUT2D eigenvalue weighted by Gasteiger charge is -2.17. The summed E-state index contributed by atoms with van der Waals surface area (Å²) in [4.78, 5) is 22.7. The number of amides is 2. The summed E-state index contributed by atoms with van der Waals surface area (Å²) in [5.41, 5.74) is 5.60. The molecule has 0 aliphatic rings. The Morgan fingerprint density at radius 1 is 1.33 bits per heavy atom. The third kappa shape index (κ3) is 8.27. The molecule has 0 fully saturated rings. The van der Waals surface area contributed by atoms with E-state index in [0.717, 1.165) is 6.42 Å². The van der Waals surface area contributed by atoms with Crippen LogP contribution in [-0.2, 0) is 9.59 Å². The Morgan fingerprint density at radius 3 is 2.33 bits per heavy atom. The Hall–Kier alpha value is -0.850. The topological polar surface area (TPSA) is 104 Å².